The van der Waals surface area contributed by atoms with E-state index in [-0.39, 0.29) is 0 Å². The molecule has 2 aromatic carbocycles. The lowest BCUT2D eigenvalue weighted by molar-refractivity contribution is 0.374. The van der Waals surface area contributed by atoms with Gasteiger partial charge in [-0.2, -0.15) is 0 Å². The van der Waals surface area contributed by atoms with Gasteiger partial charge in [0.2, 0.25) is 0 Å². The fourth-order valence-electron chi connectivity index (χ4n) is 2.79. The summed E-state index contributed by atoms with van der Waals surface area (Å²) in [5, 5.41) is 0. The van der Waals surface area contributed by atoms with E-state index >= 15 is 0 Å². The molecular formula is C18H18O3. The van der Waals surface area contributed by atoms with Crippen molar-refractivity contribution in [1.82, 2.24) is 0 Å². The fraction of sp³-hybridized carbons (Fsp3) is 0.222. The Labute approximate surface area is 124 Å². The highest BCUT2D eigenvalue weighted by Gasteiger charge is 2.22. The third-order valence-electron chi connectivity index (χ3n) is 3.82. The Balaban J connectivity index is 2.19. The van der Waals surface area contributed by atoms with Crippen molar-refractivity contribution in [2.75, 3.05) is 21.3 Å². The zero-order chi connectivity index (χ0) is 14.8. The molecule has 0 saturated carbocycles. The van der Waals surface area contributed by atoms with Crippen LogP contribution in [0.4, 0.5) is 0 Å². The third-order valence-corrected chi connectivity index (χ3v) is 3.82. The van der Waals surface area contributed by atoms with Crippen LogP contribution in [-0.4, -0.2) is 21.3 Å². The van der Waals surface area contributed by atoms with Gasteiger partial charge in [-0.15, -0.1) is 0 Å². The highest BCUT2D eigenvalue weighted by Crippen LogP contribution is 2.44. The van der Waals surface area contributed by atoms with Crippen LogP contribution in [0.2, 0.25) is 0 Å². The van der Waals surface area contributed by atoms with Gasteiger partial charge in [-0.3, -0.25) is 0 Å². The predicted octanol–water partition coefficient (Wildman–Crippen LogP) is 3.70. The fourth-order valence-corrected chi connectivity index (χ4v) is 2.79. The van der Waals surface area contributed by atoms with Crippen molar-refractivity contribution in [2.45, 2.75) is 6.42 Å². The van der Waals surface area contributed by atoms with Gasteiger partial charge in [-0.25, -0.2) is 0 Å². The molecule has 0 unspecified atom stereocenters. The topological polar surface area (TPSA) is 27.7 Å². The average Bonchev–Trinajstić information content (AvgIpc) is 2.97. The highest BCUT2D eigenvalue weighted by molar-refractivity contribution is 5.90. The summed E-state index contributed by atoms with van der Waals surface area (Å²) in [6.45, 7) is 0. The molecule has 0 bridgehead atoms. The van der Waals surface area contributed by atoms with Gasteiger partial charge in [0, 0.05) is 12.1 Å². The van der Waals surface area contributed by atoms with E-state index < -0.39 is 0 Å². The molecule has 1 aliphatic carbocycles. The van der Waals surface area contributed by atoms with Crippen LogP contribution in [0, 0.1) is 0 Å². The Morgan fingerprint density at radius 1 is 0.857 bits per heavy atom. The number of hydrogen-bond donors (Lipinski definition) is 0. The molecule has 3 nitrogen and oxygen atoms in total. The SMILES string of the molecule is COc1cc(OC)c(C2=CCc3ccccc32)c(OC)c1. The lowest BCUT2D eigenvalue weighted by atomic mass is 9.97. The molecule has 0 atom stereocenters. The molecule has 3 heteroatoms. The van der Waals surface area contributed by atoms with Crippen molar-refractivity contribution >= 4 is 5.57 Å². The van der Waals surface area contributed by atoms with Gasteiger partial charge < -0.3 is 14.2 Å². The first-order chi connectivity index (χ1) is 10.3. The molecule has 0 N–H and O–H groups in total. The van der Waals surface area contributed by atoms with Crippen LogP contribution in [0.5, 0.6) is 17.2 Å². The standard InChI is InChI=1S/C18H18O3/c1-19-13-10-16(20-2)18(17(11-13)21-3)15-9-8-12-6-4-5-7-14(12)15/h4-7,9-11H,8H2,1-3H3. The average molecular weight is 282 g/mol. The summed E-state index contributed by atoms with van der Waals surface area (Å²) < 4.78 is 16.4. The third kappa shape index (κ3) is 2.25. The molecular weight excluding hydrogens is 264 g/mol. The van der Waals surface area contributed by atoms with E-state index in [1.54, 1.807) is 21.3 Å². The highest BCUT2D eigenvalue weighted by atomic mass is 16.5. The lowest BCUT2D eigenvalue weighted by Gasteiger charge is -2.16. The zero-order valence-corrected chi connectivity index (χ0v) is 12.5. The van der Waals surface area contributed by atoms with Crippen LogP contribution in [0.25, 0.3) is 5.57 Å². The van der Waals surface area contributed by atoms with Crippen LogP contribution in [-0.2, 0) is 6.42 Å². The molecule has 3 rings (SSSR count). The molecule has 0 amide bonds. The van der Waals surface area contributed by atoms with E-state index in [1.165, 1.54) is 11.1 Å². The molecule has 0 aliphatic heterocycles. The maximum Gasteiger partial charge on any atom is 0.134 e. The van der Waals surface area contributed by atoms with E-state index in [0.717, 1.165) is 34.8 Å². The summed E-state index contributed by atoms with van der Waals surface area (Å²) in [6.07, 6.45) is 3.15. The van der Waals surface area contributed by atoms with Crippen LogP contribution in [0.1, 0.15) is 16.7 Å². The van der Waals surface area contributed by atoms with Gasteiger partial charge in [0.1, 0.15) is 17.2 Å². The second-order valence-corrected chi connectivity index (χ2v) is 4.89. The Morgan fingerprint density at radius 2 is 1.52 bits per heavy atom. The second kappa shape index (κ2) is 5.52. The number of allylic oxidation sites excluding steroid dienone is 1. The maximum absolute atomic E-state index is 5.56. The molecule has 0 fully saturated rings. The van der Waals surface area contributed by atoms with Crippen molar-refractivity contribution in [1.29, 1.82) is 0 Å². The molecule has 2 aromatic rings. The summed E-state index contributed by atoms with van der Waals surface area (Å²) in [5.41, 5.74) is 4.69. The minimum Gasteiger partial charge on any atom is -0.496 e. The summed E-state index contributed by atoms with van der Waals surface area (Å²) >= 11 is 0. The van der Waals surface area contributed by atoms with Crippen molar-refractivity contribution in [3.8, 4) is 17.2 Å². The number of benzene rings is 2. The summed E-state index contributed by atoms with van der Waals surface area (Å²) in [6, 6.07) is 12.2. The van der Waals surface area contributed by atoms with Crippen molar-refractivity contribution < 1.29 is 14.2 Å². The number of ether oxygens (including phenoxy) is 3. The van der Waals surface area contributed by atoms with Crippen molar-refractivity contribution in [3.63, 3.8) is 0 Å². The van der Waals surface area contributed by atoms with E-state index in [4.69, 9.17) is 14.2 Å². The minimum absolute atomic E-state index is 0.722. The molecule has 0 radical (unpaired) electrons. The normalized spacial score (nSPS) is 12.6. The molecule has 1 aliphatic rings. The van der Waals surface area contributed by atoms with Gasteiger partial charge in [0.15, 0.2) is 0 Å². The van der Waals surface area contributed by atoms with E-state index in [0.29, 0.717) is 0 Å². The minimum atomic E-state index is 0.722. The first-order valence-corrected chi connectivity index (χ1v) is 6.87. The Bertz CT molecular complexity index is 676. The molecule has 0 heterocycles. The molecule has 0 aromatic heterocycles. The van der Waals surface area contributed by atoms with Crippen LogP contribution < -0.4 is 14.2 Å². The second-order valence-electron chi connectivity index (χ2n) is 4.89. The van der Waals surface area contributed by atoms with E-state index in [1.807, 2.05) is 12.1 Å². The quantitative estimate of drug-likeness (QED) is 0.855. The van der Waals surface area contributed by atoms with Crippen molar-refractivity contribution in [2.24, 2.45) is 0 Å². The number of methoxy groups -OCH3 is 3. The number of fused-ring (bicyclic) bond motifs is 1. The number of hydrogen-bond acceptors (Lipinski definition) is 3. The summed E-state index contributed by atoms with van der Waals surface area (Å²) in [4.78, 5) is 0. The Kier molecular flexibility index (Phi) is 3.57. The molecule has 0 spiro atoms. The summed E-state index contributed by atoms with van der Waals surface area (Å²) in [7, 11) is 4.97. The first kappa shape index (κ1) is 13.6. The van der Waals surface area contributed by atoms with Crippen LogP contribution in [0.15, 0.2) is 42.5 Å². The number of rotatable bonds is 4. The van der Waals surface area contributed by atoms with E-state index in [9.17, 15) is 0 Å². The van der Waals surface area contributed by atoms with Gasteiger partial charge in [0.25, 0.3) is 0 Å². The summed E-state index contributed by atoms with van der Waals surface area (Å²) in [5.74, 6) is 2.24. The van der Waals surface area contributed by atoms with Gasteiger partial charge in [-0.05, 0) is 23.1 Å². The van der Waals surface area contributed by atoms with Crippen LogP contribution >= 0.6 is 0 Å². The maximum atomic E-state index is 5.56. The van der Waals surface area contributed by atoms with E-state index in [2.05, 4.69) is 30.3 Å². The van der Waals surface area contributed by atoms with Crippen LogP contribution in [0.3, 0.4) is 0 Å². The Hall–Kier alpha value is -2.42. The molecule has 0 saturated heterocycles. The van der Waals surface area contributed by atoms with Gasteiger partial charge in [0.05, 0.1) is 26.9 Å². The molecule has 108 valence electrons. The monoisotopic (exact) mass is 282 g/mol. The lowest BCUT2D eigenvalue weighted by Crippen LogP contribution is -1.98. The first-order valence-electron chi connectivity index (χ1n) is 6.87. The zero-order valence-electron chi connectivity index (χ0n) is 12.5. The Morgan fingerprint density at radius 3 is 2.14 bits per heavy atom. The van der Waals surface area contributed by atoms with Crippen molar-refractivity contribution in [3.05, 3.63) is 59.2 Å². The molecule has 21 heavy (non-hydrogen) atoms. The smallest absolute Gasteiger partial charge is 0.134 e. The van der Waals surface area contributed by atoms with Gasteiger partial charge >= 0.3 is 0 Å². The van der Waals surface area contributed by atoms with Gasteiger partial charge in [-0.1, -0.05) is 30.3 Å². The predicted molar refractivity (Wildman–Crippen MR) is 83.3 cm³/mol. The largest absolute Gasteiger partial charge is 0.496 e.